The van der Waals surface area contributed by atoms with Crippen molar-refractivity contribution in [3.8, 4) is 0 Å². The molecule has 0 bridgehead atoms. The van der Waals surface area contributed by atoms with Crippen LogP contribution in [-0.2, 0) is 16.1 Å². The summed E-state index contributed by atoms with van der Waals surface area (Å²) in [7, 11) is 0. The molecular formula is C14H19ClFNO2. The van der Waals surface area contributed by atoms with Crippen LogP contribution in [-0.4, -0.2) is 24.6 Å². The van der Waals surface area contributed by atoms with Gasteiger partial charge in [-0.25, -0.2) is 4.39 Å². The maximum atomic E-state index is 13.1. The Morgan fingerprint density at radius 2 is 2.26 bits per heavy atom. The van der Waals surface area contributed by atoms with Crippen molar-refractivity contribution in [2.24, 2.45) is 0 Å². The molecule has 1 N–H and O–H groups in total. The number of alkyl halides is 2. The maximum Gasteiger partial charge on any atom is 0.239 e. The Morgan fingerprint density at radius 1 is 1.53 bits per heavy atom. The van der Waals surface area contributed by atoms with E-state index >= 15 is 0 Å². The predicted molar refractivity (Wildman–Crippen MR) is 75.4 cm³/mol. The van der Waals surface area contributed by atoms with Gasteiger partial charge in [0.1, 0.15) is 12.1 Å². The Morgan fingerprint density at radius 3 is 2.89 bits per heavy atom. The maximum absolute atomic E-state index is 13.1. The summed E-state index contributed by atoms with van der Waals surface area (Å²) in [4.78, 5) is 11.3. The van der Waals surface area contributed by atoms with Crippen molar-refractivity contribution in [3.63, 3.8) is 0 Å². The van der Waals surface area contributed by atoms with Gasteiger partial charge in [0.2, 0.25) is 5.91 Å². The third-order valence-electron chi connectivity index (χ3n) is 2.66. The monoisotopic (exact) mass is 287 g/mol. The molecule has 3 nitrogen and oxygen atoms in total. The summed E-state index contributed by atoms with van der Waals surface area (Å²) in [5, 5.41) is 2.71. The van der Waals surface area contributed by atoms with Crippen LogP contribution in [0.3, 0.4) is 0 Å². The van der Waals surface area contributed by atoms with Gasteiger partial charge in [0.05, 0.1) is 13.2 Å². The van der Waals surface area contributed by atoms with E-state index in [9.17, 15) is 9.18 Å². The zero-order valence-electron chi connectivity index (χ0n) is 11.2. The van der Waals surface area contributed by atoms with Gasteiger partial charge in [0.15, 0.2) is 0 Å². The van der Waals surface area contributed by atoms with Crippen LogP contribution in [0.4, 0.5) is 10.1 Å². The first-order chi connectivity index (χ1) is 9.06. The molecule has 1 unspecified atom stereocenters. The lowest BCUT2D eigenvalue weighted by atomic mass is 10.1. The zero-order chi connectivity index (χ0) is 14.3. The van der Waals surface area contributed by atoms with Crippen LogP contribution >= 0.6 is 11.6 Å². The molecule has 0 spiro atoms. The molecule has 1 aromatic carbocycles. The highest BCUT2D eigenvalue weighted by Gasteiger charge is 2.08. The SMILES string of the molecule is CCC(F)COCc1ccc(C)cc1NC(=O)CCl. The lowest BCUT2D eigenvalue weighted by molar-refractivity contribution is -0.113. The standard InChI is InChI=1S/C14H19ClFNO2/c1-3-12(16)9-19-8-11-5-4-10(2)6-13(11)17-14(18)7-15/h4-6,12H,3,7-9H2,1-2H3,(H,17,18). The van der Waals surface area contributed by atoms with E-state index in [1.54, 1.807) is 6.92 Å². The van der Waals surface area contributed by atoms with E-state index < -0.39 is 6.17 Å². The van der Waals surface area contributed by atoms with Gasteiger partial charge < -0.3 is 10.1 Å². The Bertz CT molecular complexity index is 426. The molecule has 0 saturated carbocycles. The first-order valence-electron chi connectivity index (χ1n) is 6.24. The molecule has 0 fully saturated rings. The van der Waals surface area contributed by atoms with Crippen molar-refractivity contribution in [2.45, 2.75) is 33.0 Å². The molecule has 5 heteroatoms. The molecule has 106 valence electrons. The fourth-order valence-corrected chi connectivity index (χ4v) is 1.60. The summed E-state index contributed by atoms with van der Waals surface area (Å²) < 4.78 is 18.4. The second-order valence-electron chi connectivity index (χ2n) is 4.36. The summed E-state index contributed by atoms with van der Waals surface area (Å²) in [6.07, 6.45) is -0.518. The lowest BCUT2D eigenvalue weighted by Crippen LogP contribution is -2.15. The molecule has 0 aliphatic rings. The molecular weight excluding hydrogens is 269 g/mol. The van der Waals surface area contributed by atoms with Crippen molar-refractivity contribution in [1.29, 1.82) is 0 Å². The van der Waals surface area contributed by atoms with Crippen molar-refractivity contribution in [3.05, 3.63) is 29.3 Å². The fraction of sp³-hybridized carbons (Fsp3) is 0.500. The van der Waals surface area contributed by atoms with E-state index in [0.29, 0.717) is 12.1 Å². The number of halogens is 2. The number of carbonyl (C=O) groups excluding carboxylic acids is 1. The molecule has 19 heavy (non-hydrogen) atoms. The Labute approximate surface area is 118 Å². The van der Waals surface area contributed by atoms with Crippen LogP contribution in [0.5, 0.6) is 0 Å². The van der Waals surface area contributed by atoms with Crippen molar-refractivity contribution in [1.82, 2.24) is 0 Å². The Balaban J connectivity index is 2.68. The lowest BCUT2D eigenvalue weighted by Gasteiger charge is -2.13. The van der Waals surface area contributed by atoms with Crippen LogP contribution < -0.4 is 5.32 Å². The van der Waals surface area contributed by atoms with Gasteiger partial charge in [0, 0.05) is 11.3 Å². The highest BCUT2D eigenvalue weighted by atomic mass is 35.5. The molecule has 1 amide bonds. The summed E-state index contributed by atoms with van der Waals surface area (Å²) >= 11 is 5.47. The first kappa shape index (κ1) is 15.9. The third kappa shape index (κ3) is 5.57. The highest BCUT2D eigenvalue weighted by molar-refractivity contribution is 6.29. The summed E-state index contributed by atoms with van der Waals surface area (Å²) in [5.41, 5.74) is 2.50. The molecule has 1 aromatic rings. The second kappa shape index (κ2) is 8.12. The number of benzene rings is 1. The van der Waals surface area contributed by atoms with Crippen molar-refractivity contribution >= 4 is 23.2 Å². The normalized spacial score (nSPS) is 12.2. The number of rotatable bonds is 7. The molecule has 0 heterocycles. The minimum atomic E-state index is -0.952. The van der Waals surface area contributed by atoms with Crippen LogP contribution in [0.25, 0.3) is 0 Å². The number of aryl methyl sites for hydroxylation is 1. The van der Waals surface area contributed by atoms with Gasteiger partial charge in [0.25, 0.3) is 0 Å². The summed E-state index contributed by atoms with van der Waals surface area (Å²) in [6, 6.07) is 5.62. The number of nitrogens with one attached hydrogen (secondary N) is 1. The molecule has 1 rings (SSSR count). The molecule has 1 atom stereocenters. The van der Waals surface area contributed by atoms with Crippen molar-refractivity contribution < 1.29 is 13.9 Å². The number of anilines is 1. The van der Waals surface area contributed by atoms with Crippen molar-refractivity contribution in [2.75, 3.05) is 17.8 Å². The van der Waals surface area contributed by atoms with E-state index in [1.165, 1.54) is 0 Å². The zero-order valence-corrected chi connectivity index (χ0v) is 12.0. The Kier molecular flexibility index (Phi) is 6.81. The van der Waals surface area contributed by atoms with Crippen LogP contribution in [0.15, 0.2) is 18.2 Å². The minimum Gasteiger partial charge on any atom is -0.374 e. The summed E-state index contributed by atoms with van der Waals surface area (Å²) in [5.74, 6) is -0.373. The number of hydrogen-bond donors (Lipinski definition) is 1. The number of carbonyl (C=O) groups is 1. The van der Waals surface area contributed by atoms with Crippen LogP contribution in [0.1, 0.15) is 24.5 Å². The highest BCUT2D eigenvalue weighted by Crippen LogP contribution is 2.19. The molecule has 0 radical (unpaired) electrons. The Hall–Kier alpha value is -1.13. The van der Waals surface area contributed by atoms with Gasteiger partial charge in [-0.05, 0) is 25.0 Å². The smallest absolute Gasteiger partial charge is 0.239 e. The molecule has 0 aliphatic heterocycles. The predicted octanol–water partition coefficient (Wildman–Crippen LogP) is 3.44. The van der Waals surface area contributed by atoms with Crippen LogP contribution in [0, 0.1) is 6.92 Å². The van der Waals surface area contributed by atoms with E-state index in [0.717, 1.165) is 11.1 Å². The average Bonchev–Trinajstić information content (AvgIpc) is 2.40. The van der Waals surface area contributed by atoms with Gasteiger partial charge in [-0.15, -0.1) is 11.6 Å². The molecule has 0 aromatic heterocycles. The average molecular weight is 288 g/mol. The van der Waals surface area contributed by atoms with E-state index in [-0.39, 0.29) is 25.0 Å². The third-order valence-corrected chi connectivity index (χ3v) is 2.90. The van der Waals surface area contributed by atoms with E-state index in [1.807, 2.05) is 25.1 Å². The first-order valence-corrected chi connectivity index (χ1v) is 6.77. The largest absolute Gasteiger partial charge is 0.374 e. The summed E-state index contributed by atoms with van der Waals surface area (Å²) in [6.45, 7) is 4.02. The van der Waals surface area contributed by atoms with E-state index in [4.69, 9.17) is 16.3 Å². The van der Waals surface area contributed by atoms with E-state index in [2.05, 4.69) is 5.32 Å². The quantitative estimate of drug-likeness (QED) is 0.780. The molecule has 0 aliphatic carbocycles. The number of ether oxygens (including phenoxy) is 1. The van der Waals surface area contributed by atoms with Gasteiger partial charge in [-0.1, -0.05) is 19.1 Å². The second-order valence-corrected chi connectivity index (χ2v) is 4.63. The number of hydrogen-bond acceptors (Lipinski definition) is 2. The number of amides is 1. The molecule has 0 saturated heterocycles. The topological polar surface area (TPSA) is 38.3 Å². The fourth-order valence-electron chi connectivity index (χ4n) is 1.53. The minimum absolute atomic E-state index is 0.0628. The van der Waals surface area contributed by atoms with Gasteiger partial charge in [-0.2, -0.15) is 0 Å². The van der Waals surface area contributed by atoms with Crippen LogP contribution in [0.2, 0.25) is 0 Å². The van der Waals surface area contributed by atoms with Gasteiger partial charge >= 0.3 is 0 Å². The van der Waals surface area contributed by atoms with Gasteiger partial charge in [-0.3, -0.25) is 4.79 Å².